The lowest BCUT2D eigenvalue weighted by molar-refractivity contribution is 0.0473. The van der Waals surface area contributed by atoms with Gasteiger partial charge in [-0.25, -0.2) is 4.79 Å². The number of hydrogen-bond donors (Lipinski definition) is 1. The Morgan fingerprint density at radius 1 is 1.26 bits per heavy atom. The van der Waals surface area contributed by atoms with Gasteiger partial charge < -0.3 is 10.5 Å². The van der Waals surface area contributed by atoms with Crippen LogP contribution in [0.5, 0.6) is 0 Å². The summed E-state index contributed by atoms with van der Waals surface area (Å²) in [5.41, 5.74) is 8.57. The highest BCUT2D eigenvalue weighted by molar-refractivity contribution is 6.30. The van der Waals surface area contributed by atoms with E-state index in [1.54, 1.807) is 30.3 Å². The Morgan fingerprint density at radius 3 is 2.74 bits per heavy atom. The van der Waals surface area contributed by atoms with E-state index in [1.807, 2.05) is 19.1 Å². The molecule has 0 aromatic heterocycles. The summed E-state index contributed by atoms with van der Waals surface area (Å²) in [6.45, 7) is 2.07. The number of benzene rings is 2. The lowest BCUT2D eigenvalue weighted by atomic mass is 10.1. The molecule has 0 bridgehead atoms. The monoisotopic (exact) mass is 275 g/mol. The maximum atomic E-state index is 11.9. The molecule has 0 amide bonds. The summed E-state index contributed by atoms with van der Waals surface area (Å²) >= 11 is 5.86. The number of nitrogens with two attached hydrogens (primary N) is 1. The molecule has 2 N–H and O–H groups in total. The summed E-state index contributed by atoms with van der Waals surface area (Å²) in [6.07, 6.45) is 0. The van der Waals surface area contributed by atoms with E-state index < -0.39 is 5.97 Å². The van der Waals surface area contributed by atoms with Crippen molar-refractivity contribution < 1.29 is 9.53 Å². The van der Waals surface area contributed by atoms with Crippen molar-refractivity contribution in [1.82, 2.24) is 0 Å². The Hall–Kier alpha value is -2.00. The third-order valence-electron chi connectivity index (χ3n) is 2.77. The molecule has 2 aromatic rings. The third-order valence-corrected chi connectivity index (χ3v) is 3.01. The van der Waals surface area contributed by atoms with E-state index in [4.69, 9.17) is 22.1 Å². The predicted molar refractivity (Wildman–Crippen MR) is 76.2 cm³/mol. The molecule has 3 nitrogen and oxygen atoms in total. The maximum Gasteiger partial charge on any atom is 0.338 e. The number of hydrogen-bond acceptors (Lipinski definition) is 3. The van der Waals surface area contributed by atoms with Gasteiger partial charge in [0, 0.05) is 10.7 Å². The summed E-state index contributed by atoms with van der Waals surface area (Å²) in [4.78, 5) is 11.9. The van der Waals surface area contributed by atoms with Gasteiger partial charge in [0.25, 0.3) is 0 Å². The number of aryl methyl sites for hydroxylation is 1. The summed E-state index contributed by atoms with van der Waals surface area (Å²) in [7, 11) is 0. The number of esters is 1. The fourth-order valence-corrected chi connectivity index (χ4v) is 1.84. The number of rotatable bonds is 3. The molecule has 0 atom stereocenters. The van der Waals surface area contributed by atoms with Gasteiger partial charge in [-0.1, -0.05) is 29.8 Å². The summed E-state index contributed by atoms with van der Waals surface area (Å²) in [5, 5.41) is 0.619. The number of carbonyl (C=O) groups excluding carboxylic acids is 1. The average molecular weight is 276 g/mol. The van der Waals surface area contributed by atoms with Gasteiger partial charge in [-0.15, -0.1) is 0 Å². The zero-order chi connectivity index (χ0) is 13.8. The first-order valence-corrected chi connectivity index (χ1v) is 6.22. The number of carbonyl (C=O) groups is 1. The van der Waals surface area contributed by atoms with Crippen molar-refractivity contribution in [2.75, 3.05) is 5.73 Å². The summed E-state index contributed by atoms with van der Waals surface area (Å²) in [5.74, 6) is -0.397. The molecular weight excluding hydrogens is 262 g/mol. The van der Waals surface area contributed by atoms with Crippen LogP contribution in [-0.4, -0.2) is 5.97 Å². The predicted octanol–water partition coefficient (Wildman–Crippen LogP) is 3.59. The van der Waals surface area contributed by atoms with E-state index in [1.165, 1.54) is 0 Å². The van der Waals surface area contributed by atoms with Crippen LogP contribution >= 0.6 is 11.6 Å². The third kappa shape index (κ3) is 3.48. The number of anilines is 1. The van der Waals surface area contributed by atoms with Crippen molar-refractivity contribution in [3.05, 3.63) is 64.2 Å². The largest absolute Gasteiger partial charge is 0.457 e. The number of nitrogen functional groups attached to an aromatic ring is 1. The van der Waals surface area contributed by atoms with Crippen molar-refractivity contribution in [2.45, 2.75) is 13.5 Å². The van der Waals surface area contributed by atoms with Gasteiger partial charge in [-0.05, 0) is 42.3 Å². The highest BCUT2D eigenvalue weighted by Crippen LogP contribution is 2.15. The number of halogens is 1. The maximum absolute atomic E-state index is 11.9. The van der Waals surface area contributed by atoms with Crippen LogP contribution in [0.15, 0.2) is 42.5 Å². The minimum atomic E-state index is -0.397. The van der Waals surface area contributed by atoms with Gasteiger partial charge in [0.15, 0.2) is 0 Å². The van der Waals surface area contributed by atoms with E-state index >= 15 is 0 Å². The zero-order valence-corrected chi connectivity index (χ0v) is 11.3. The SMILES string of the molecule is Cc1ccc(C(=O)OCc2cccc(Cl)c2)cc1N. The van der Waals surface area contributed by atoms with Gasteiger partial charge in [0.2, 0.25) is 0 Å². The topological polar surface area (TPSA) is 52.3 Å². The highest BCUT2D eigenvalue weighted by atomic mass is 35.5. The first-order valence-electron chi connectivity index (χ1n) is 5.84. The van der Waals surface area contributed by atoms with Crippen molar-refractivity contribution >= 4 is 23.3 Å². The van der Waals surface area contributed by atoms with Crippen LogP contribution in [0.4, 0.5) is 5.69 Å². The summed E-state index contributed by atoms with van der Waals surface area (Å²) in [6, 6.07) is 12.3. The second kappa shape index (κ2) is 5.76. The molecule has 0 spiro atoms. The molecule has 19 heavy (non-hydrogen) atoms. The minimum absolute atomic E-state index is 0.188. The Bertz CT molecular complexity index is 611. The second-order valence-electron chi connectivity index (χ2n) is 4.28. The minimum Gasteiger partial charge on any atom is -0.457 e. The second-order valence-corrected chi connectivity index (χ2v) is 4.71. The molecule has 2 rings (SSSR count). The van der Waals surface area contributed by atoms with Crippen LogP contribution < -0.4 is 5.73 Å². The van der Waals surface area contributed by atoms with Crippen LogP contribution in [0.1, 0.15) is 21.5 Å². The molecule has 0 radical (unpaired) electrons. The lowest BCUT2D eigenvalue weighted by Crippen LogP contribution is -2.06. The van der Waals surface area contributed by atoms with E-state index in [2.05, 4.69) is 0 Å². The van der Waals surface area contributed by atoms with E-state index in [0.717, 1.165) is 11.1 Å². The molecule has 0 fully saturated rings. The Balaban J connectivity index is 2.03. The number of ether oxygens (including phenoxy) is 1. The molecule has 0 aliphatic heterocycles. The van der Waals surface area contributed by atoms with Crippen LogP contribution in [-0.2, 0) is 11.3 Å². The van der Waals surface area contributed by atoms with E-state index in [0.29, 0.717) is 16.3 Å². The normalized spacial score (nSPS) is 10.2. The molecule has 98 valence electrons. The van der Waals surface area contributed by atoms with Crippen molar-refractivity contribution in [1.29, 1.82) is 0 Å². The molecule has 0 aliphatic carbocycles. The van der Waals surface area contributed by atoms with Crippen LogP contribution in [0, 0.1) is 6.92 Å². The van der Waals surface area contributed by atoms with Crippen LogP contribution in [0.2, 0.25) is 5.02 Å². The molecule has 0 unspecified atom stereocenters. The molecule has 0 aliphatic rings. The molecule has 0 saturated heterocycles. The fourth-order valence-electron chi connectivity index (χ4n) is 1.63. The smallest absolute Gasteiger partial charge is 0.338 e. The van der Waals surface area contributed by atoms with Gasteiger partial charge in [0.1, 0.15) is 6.61 Å². The molecule has 0 heterocycles. The van der Waals surface area contributed by atoms with E-state index in [9.17, 15) is 4.79 Å². The highest BCUT2D eigenvalue weighted by Gasteiger charge is 2.08. The molecular formula is C15H14ClNO2. The van der Waals surface area contributed by atoms with Gasteiger partial charge >= 0.3 is 5.97 Å². The van der Waals surface area contributed by atoms with Crippen molar-refractivity contribution in [2.24, 2.45) is 0 Å². The lowest BCUT2D eigenvalue weighted by Gasteiger charge is -2.07. The summed E-state index contributed by atoms with van der Waals surface area (Å²) < 4.78 is 5.21. The van der Waals surface area contributed by atoms with Gasteiger partial charge in [0.05, 0.1) is 5.56 Å². The average Bonchev–Trinajstić information content (AvgIpc) is 2.39. The van der Waals surface area contributed by atoms with Crippen molar-refractivity contribution in [3.8, 4) is 0 Å². The quantitative estimate of drug-likeness (QED) is 0.688. The first-order chi connectivity index (χ1) is 9.06. The van der Waals surface area contributed by atoms with Crippen LogP contribution in [0.3, 0.4) is 0 Å². The Morgan fingerprint density at radius 2 is 2.05 bits per heavy atom. The molecule has 2 aromatic carbocycles. The van der Waals surface area contributed by atoms with Crippen LogP contribution in [0.25, 0.3) is 0 Å². The van der Waals surface area contributed by atoms with E-state index in [-0.39, 0.29) is 6.61 Å². The zero-order valence-electron chi connectivity index (χ0n) is 10.5. The molecule has 0 saturated carbocycles. The first kappa shape index (κ1) is 13.4. The Labute approximate surface area is 117 Å². The standard InChI is InChI=1S/C15H14ClNO2/c1-10-5-6-12(8-14(10)17)15(18)19-9-11-3-2-4-13(16)7-11/h2-8H,9,17H2,1H3. The fraction of sp³-hybridized carbons (Fsp3) is 0.133. The van der Waals surface area contributed by atoms with Crippen molar-refractivity contribution in [3.63, 3.8) is 0 Å². The van der Waals surface area contributed by atoms with Gasteiger partial charge in [-0.2, -0.15) is 0 Å². The van der Waals surface area contributed by atoms with Gasteiger partial charge in [-0.3, -0.25) is 0 Å². The Kier molecular flexibility index (Phi) is 4.07. The molecule has 4 heteroatoms.